The zero-order chi connectivity index (χ0) is 17.2. The van der Waals surface area contributed by atoms with Crippen LogP contribution in [0.5, 0.6) is 0 Å². The van der Waals surface area contributed by atoms with Crippen molar-refractivity contribution < 1.29 is 21.8 Å². The summed E-state index contributed by atoms with van der Waals surface area (Å²) in [6.07, 6.45) is 2.20. The van der Waals surface area contributed by atoms with Crippen molar-refractivity contribution in [2.75, 3.05) is 6.26 Å². The smallest absolute Gasteiger partial charge is 0.344 e. The van der Waals surface area contributed by atoms with Gasteiger partial charge in [0.25, 0.3) is 10.1 Å². The average Bonchev–Trinajstić information content (AvgIpc) is 3.17. The van der Waals surface area contributed by atoms with Gasteiger partial charge in [-0.25, -0.2) is 9.78 Å². The van der Waals surface area contributed by atoms with Gasteiger partial charge in [0.1, 0.15) is 24.1 Å². The van der Waals surface area contributed by atoms with E-state index >= 15 is 0 Å². The van der Waals surface area contributed by atoms with Crippen LogP contribution >= 0.6 is 0 Å². The summed E-state index contributed by atoms with van der Waals surface area (Å²) in [7, 11) is -3.56. The number of nitrogens with zero attached hydrogens (tertiary/aromatic N) is 4. The van der Waals surface area contributed by atoms with E-state index in [1.807, 2.05) is 0 Å². The Bertz CT molecular complexity index is 977. The minimum atomic E-state index is -3.56. The van der Waals surface area contributed by atoms with Crippen LogP contribution in [0.3, 0.4) is 0 Å². The number of carbonyl (C=O) groups is 1. The topological polar surface area (TPSA) is 129 Å². The van der Waals surface area contributed by atoms with Crippen molar-refractivity contribution in [3.63, 3.8) is 0 Å². The van der Waals surface area contributed by atoms with Gasteiger partial charge in [-0.15, -0.1) is 5.10 Å². The number of rotatable bonds is 5. The second-order valence-corrected chi connectivity index (χ2v) is 6.49. The van der Waals surface area contributed by atoms with Crippen molar-refractivity contribution in [3.05, 3.63) is 42.1 Å². The Morgan fingerprint density at radius 1 is 1.38 bits per heavy atom. The van der Waals surface area contributed by atoms with Crippen molar-refractivity contribution in [2.24, 2.45) is 0 Å². The highest BCUT2D eigenvalue weighted by molar-refractivity contribution is 7.85. The van der Waals surface area contributed by atoms with Gasteiger partial charge in [0.15, 0.2) is 0 Å². The van der Waals surface area contributed by atoms with Gasteiger partial charge in [0, 0.05) is 0 Å². The summed E-state index contributed by atoms with van der Waals surface area (Å²) in [4.78, 5) is 16.1. The fraction of sp³-hybridized carbons (Fsp3) is 0.231. The number of amides is 1. The fourth-order valence-electron chi connectivity index (χ4n) is 1.91. The van der Waals surface area contributed by atoms with Gasteiger partial charge in [-0.2, -0.15) is 13.1 Å². The van der Waals surface area contributed by atoms with Crippen LogP contribution in [-0.4, -0.2) is 40.7 Å². The minimum absolute atomic E-state index is 0.00585. The van der Waals surface area contributed by atoms with Crippen LogP contribution in [0.15, 0.2) is 34.9 Å². The molecule has 0 aliphatic carbocycles. The van der Waals surface area contributed by atoms with Gasteiger partial charge in [-0.1, -0.05) is 17.3 Å². The van der Waals surface area contributed by atoms with Crippen LogP contribution in [-0.2, 0) is 27.5 Å². The Morgan fingerprint density at radius 2 is 2.17 bits per heavy atom. The molecule has 10 nitrogen and oxygen atoms in total. The highest BCUT2D eigenvalue weighted by Gasteiger charge is 2.13. The molecule has 1 aromatic carbocycles. The Balaban J connectivity index is 1.61. The molecule has 3 aromatic rings. The molecule has 2 aromatic heterocycles. The summed E-state index contributed by atoms with van der Waals surface area (Å²) in [6, 6.07) is 6.55. The molecule has 0 saturated heterocycles. The third kappa shape index (κ3) is 3.75. The lowest BCUT2D eigenvalue weighted by Gasteiger charge is -2.02. The largest absolute Gasteiger partial charge is 0.447 e. The molecule has 0 radical (unpaired) electrons. The van der Waals surface area contributed by atoms with Crippen molar-refractivity contribution in [1.29, 1.82) is 0 Å². The predicted octanol–water partition coefficient (Wildman–Crippen LogP) is 0.653. The summed E-state index contributed by atoms with van der Waals surface area (Å²) in [5, 5.41) is 10.3. The van der Waals surface area contributed by atoms with E-state index in [1.165, 1.54) is 6.26 Å². The Morgan fingerprint density at radius 3 is 2.96 bits per heavy atom. The summed E-state index contributed by atoms with van der Waals surface area (Å²) in [5.41, 5.74) is 1.48. The summed E-state index contributed by atoms with van der Waals surface area (Å²) in [6.45, 7) is -0.226. The van der Waals surface area contributed by atoms with Crippen LogP contribution in [0.1, 0.15) is 11.6 Å². The first-order valence-electron chi connectivity index (χ1n) is 6.79. The number of fused-ring (bicyclic) bond motifs is 1. The average molecular weight is 351 g/mol. The van der Waals surface area contributed by atoms with E-state index in [0.717, 1.165) is 10.9 Å². The van der Waals surface area contributed by atoms with E-state index in [-0.39, 0.29) is 19.0 Å². The molecule has 3 rings (SSSR count). The first-order chi connectivity index (χ1) is 11.4. The monoisotopic (exact) mass is 351 g/mol. The molecule has 1 N–H and O–H groups in total. The highest BCUT2D eigenvalue weighted by atomic mass is 32.2. The first kappa shape index (κ1) is 16.1. The predicted molar refractivity (Wildman–Crippen MR) is 81.3 cm³/mol. The number of hydrogen-bond acceptors (Lipinski definition) is 8. The molecular formula is C13H13N5O5S. The lowest BCUT2D eigenvalue weighted by atomic mass is 10.3. The van der Waals surface area contributed by atoms with Crippen LogP contribution in [0, 0.1) is 0 Å². The third-order valence-corrected chi connectivity index (χ3v) is 3.50. The minimum Gasteiger partial charge on any atom is -0.447 e. The highest BCUT2D eigenvalue weighted by Crippen LogP contribution is 2.09. The number of oxazole rings is 1. The van der Waals surface area contributed by atoms with Crippen LogP contribution in [0.2, 0.25) is 0 Å². The molecule has 2 heterocycles. The van der Waals surface area contributed by atoms with Gasteiger partial charge < -0.3 is 9.73 Å². The van der Waals surface area contributed by atoms with E-state index < -0.39 is 16.1 Å². The van der Waals surface area contributed by atoms with Crippen molar-refractivity contribution in [2.45, 2.75) is 13.2 Å². The number of carbonyl (C=O) groups excluding carboxylic acids is 1. The molecule has 11 heteroatoms. The first-order valence-corrected chi connectivity index (χ1v) is 8.60. The Hall–Kier alpha value is -2.79. The van der Waals surface area contributed by atoms with Crippen LogP contribution in [0.4, 0.5) is 4.79 Å². The SMILES string of the molecule is CS(=O)(=O)OCc1coc(CNC(=O)n2nnc3ccccc32)n1. The van der Waals surface area contributed by atoms with Gasteiger partial charge >= 0.3 is 6.03 Å². The Kier molecular flexibility index (Phi) is 4.27. The number of aromatic nitrogens is 4. The maximum Gasteiger partial charge on any atom is 0.344 e. The molecule has 0 bridgehead atoms. The normalized spacial score (nSPS) is 11.7. The van der Waals surface area contributed by atoms with Crippen molar-refractivity contribution >= 4 is 27.2 Å². The third-order valence-electron chi connectivity index (χ3n) is 2.96. The number of para-hydroxylation sites is 1. The van der Waals surface area contributed by atoms with Crippen LogP contribution < -0.4 is 5.32 Å². The molecule has 0 unspecified atom stereocenters. The van der Waals surface area contributed by atoms with Crippen molar-refractivity contribution in [3.8, 4) is 0 Å². The molecule has 1 amide bonds. The van der Waals surface area contributed by atoms with E-state index in [2.05, 4.69) is 24.8 Å². The number of hydrogen-bond donors (Lipinski definition) is 1. The molecule has 0 aliphatic heterocycles. The van der Waals surface area contributed by atoms with Gasteiger partial charge in [0.05, 0.1) is 18.3 Å². The zero-order valence-electron chi connectivity index (χ0n) is 12.5. The van der Waals surface area contributed by atoms with E-state index in [0.29, 0.717) is 16.7 Å². The summed E-state index contributed by atoms with van der Waals surface area (Å²) < 4.78 is 32.7. The number of nitrogens with one attached hydrogen (secondary N) is 1. The van der Waals surface area contributed by atoms with Crippen molar-refractivity contribution in [1.82, 2.24) is 25.3 Å². The molecule has 0 atom stereocenters. The molecule has 0 saturated carbocycles. The van der Waals surface area contributed by atoms with Crippen LogP contribution in [0.25, 0.3) is 11.0 Å². The number of benzene rings is 1. The van der Waals surface area contributed by atoms with E-state index in [4.69, 9.17) is 4.42 Å². The molecule has 0 fully saturated rings. The maximum atomic E-state index is 12.1. The fourth-order valence-corrected chi connectivity index (χ4v) is 2.24. The summed E-state index contributed by atoms with van der Waals surface area (Å²) in [5.74, 6) is 0.208. The van der Waals surface area contributed by atoms with Gasteiger partial charge in [-0.3, -0.25) is 4.18 Å². The van der Waals surface area contributed by atoms with E-state index in [1.54, 1.807) is 24.3 Å². The zero-order valence-corrected chi connectivity index (χ0v) is 13.4. The van der Waals surface area contributed by atoms with E-state index in [9.17, 15) is 13.2 Å². The molecular weight excluding hydrogens is 338 g/mol. The lowest BCUT2D eigenvalue weighted by molar-refractivity contribution is 0.238. The van der Waals surface area contributed by atoms with Gasteiger partial charge in [-0.05, 0) is 12.1 Å². The quantitative estimate of drug-likeness (QED) is 0.663. The second-order valence-electron chi connectivity index (χ2n) is 4.85. The molecule has 0 spiro atoms. The standard InChI is InChI=1S/C13H13N5O5S/c1-24(20,21)23-8-9-7-22-12(15-9)6-14-13(19)18-11-5-3-2-4-10(11)16-17-18/h2-5,7H,6,8H2,1H3,(H,14,19). The maximum absolute atomic E-state index is 12.1. The lowest BCUT2D eigenvalue weighted by Crippen LogP contribution is -2.29. The Labute approximate surface area is 136 Å². The van der Waals surface area contributed by atoms with Gasteiger partial charge in [0.2, 0.25) is 5.89 Å². The molecule has 24 heavy (non-hydrogen) atoms. The second kappa shape index (κ2) is 6.37. The summed E-state index contributed by atoms with van der Waals surface area (Å²) >= 11 is 0. The molecule has 0 aliphatic rings. The molecule has 126 valence electrons.